The molecule has 2 N–H and O–H groups in total. The number of hydrogen-bond acceptors (Lipinski definition) is 3. The monoisotopic (exact) mass is 266 g/mol. The highest BCUT2D eigenvalue weighted by atomic mass is 19.1. The van der Waals surface area contributed by atoms with Crippen LogP contribution in [0.2, 0.25) is 0 Å². The van der Waals surface area contributed by atoms with Crippen LogP contribution < -0.4 is 10.2 Å². The average molecular weight is 266 g/mol. The van der Waals surface area contributed by atoms with Crippen LogP contribution in [0.4, 0.5) is 10.1 Å². The van der Waals surface area contributed by atoms with E-state index in [0.29, 0.717) is 13.1 Å². The first-order valence-electron chi connectivity index (χ1n) is 6.58. The predicted octanol–water partition coefficient (Wildman–Crippen LogP) is 1.71. The molecule has 0 spiro atoms. The molecule has 1 saturated heterocycles. The Bertz CT molecular complexity index is 436. The molecule has 2 rings (SSSR count). The molecule has 1 fully saturated rings. The Labute approximate surface area is 112 Å². The second-order valence-corrected chi connectivity index (χ2v) is 4.84. The zero-order valence-corrected chi connectivity index (χ0v) is 11.0. The van der Waals surface area contributed by atoms with Crippen LogP contribution in [0.3, 0.4) is 0 Å². The molecular weight excluding hydrogens is 247 g/mol. The summed E-state index contributed by atoms with van der Waals surface area (Å²) in [5.74, 6) is -0.967. The number of hydrogen-bond donors (Lipinski definition) is 2. The number of carboxylic acid groups (broad SMARTS) is 1. The molecule has 0 saturated carbocycles. The van der Waals surface area contributed by atoms with Gasteiger partial charge in [0.25, 0.3) is 0 Å². The Kier molecular flexibility index (Phi) is 4.37. The maximum Gasteiger partial charge on any atom is 0.321 e. The first kappa shape index (κ1) is 13.8. The molecule has 0 bridgehead atoms. The summed E-state index contributed by atoms with van der Waals surface area (Å²) in [5, 5.41) is 12.2. The van der Waals surface area contributed by atoms with E-state index in [1.165, 1.54) is 12.1 Å². The highest BCUT2D eigenvalue weighted by molar-refractivity contribution is 5.74. The van der Waals surface area contributed by atoms with Crippen molar-refractivity contribution in [2.24, 2.45) is 5.92 Å². The third-order valence-electron chi connectivity index (χ3n) is 3.58. The number of anilines is 1. The second kappa shape index (κ2) is 6.02. The number of rotatable bonds is 5. The molecule has 0 amide bonds. The molecule has 2 atom stereocenters. The van der Waals surface area contributed by atoms with Crippen molar-refractivity contribution in [2.75, 3.05) is 24.5 Å². The molecule has 2 unspecified atom stereocenters. The number of carbonyl (C=O) groups is 1. The summed E-state index contributed by atoms with van der Waals surface area (Å²) < 4.78 is 12.9. The maximum absolute atomic E-state index is 12.9. The lowest BCUT2D eigenvalue weighted by molar-refractivity contribution is -0.140. The quantitative estimate of drug-likeness (QED) is 0.852. The normalized spacial score (nSPS) is 20.5. The summed E-state index contributed by atoms with van der Waals surface area (Å²) in [4.78, 5) is 13.3. The predicted molar refractivity (Wildman–Crippen MR) is 71.8 cm³/mol. The Morgan fingerprint density at radius 3 is 2.79 bits per heavy atom. The van der Waals surface area contributed by atoms with E-state index in [9.17, 15) is 14.3 Å². The van der Waals surface area contributed by atoms with Crippen molar-refractivity contribution >= 4 is 11.7 Å². The topological polar surface area (TPSA) is 52.6 Å². The first-order chi connectivity index (χ1) is 9.11. The lowest BCUT2D eigenvalue weighted by Crippen LogP contribution is -2.43. The Balaban J connectivity index is 2.02. The van der Waals surface area contributed by atoms with Gasteiger partial charge in [-0.15, -0.1) is 0 Å². The number of nitrogens with zero attached hydrogens (tertiary/aromatic N) is 1. The molecule has 1 aliphatic rings. The molecule has 1 aliphatic heterocycles. The third kappa shape index (κ3) is 3.23. The summed E-state index contributed by atoms with van der Waals surface area (Å²) in [6.45, 7) is 4.05. The molecule has 1 aromatic carbocycles. The van der Waals surface area contributed by atoms with E-state index in [1.807, 2.05) is 6.92 Å². The van der Waals surface area contributed by atoms with E-state index >= 15 is 0 Å². The highest BCUT2D eigenvalue weighted by Gasteiger charge is 2.33. The van der Waals surface area contributed by atoms with Crippen LogP contribution in [0.5, 0.6) is 0 Å². The number of likely N-dealkylation sites (N-methyl/N-ethyl adjacent to an activating group) is 1. The summed E-state index contributed by atoms with van der Waals surface area (Å²) in [7, 11) is 0. The minimum absolute atomic E-state index is 0.0857. The fraction of sp³-hybridized carbons (Fsp3) is 0.500. The van der Waals surface area contributed by atoms with Crippen molar-refractivity contribution in [3.8, 4) is 0 Å². The van der Waals surface area contributed by atoms with Gasteiger partial charge in [-0.05, 0) is 37.2 Å². The van der Waals surface area contributed by atoms with E-state index < -0.39 is 12.0 Å². The Morgan fingerprint density at radius 1 is 1.53 bits per heavy atom. The van der Waals surface area contributed by atoms with Gasteiger partial charge in [-0.3, -0.25) is 4.79 Å². The highest BCUT2D eigenvalue weighted by Crippen LogP contribution is 2.26. The molecule has 104 valence electrons. The SMILES string of the molecule is CCNC(C(=O)O)C1CCN(c2ccc(F)cc2)C1. The van der Waals surface area contributed by atoms with Gasteiger partial charge in [0.05, 0.1) is 0 Å². The molecule has 1 heterocycles. The van der Waals surface area contributed by atoms with Gasteiger partial charge < -0.3 is 15.3 Å². The standard InChI is InChI=1S/C14H19FN2O2/c1-2-16-13(14(18)19)10-7-8-17(9-10)12-5-3-11(15)4-6-12/h3-6,10,13,16H,2,7-9H2,1H3,(H,18,19). The van der Waals surface area contributed by atoms with Crippen LogP contribution in [0.15, 0.2) is 24.3 Å². The number of aliphatic carboxylic acids is 1. The lowest BCUT2D eigenvalue weighted by Gasteiger charge is -2.22. The molecule has 5 heteroatoms. The summed E-state index contributed by atoms with van der Waals surface area (Å²) >= 11 is 0. The summed E-state index contributed by atoms with van der Waals surface area (Å²) in [6, 6.07) is 5.83. The van der Waals surface area contributed by atoms with Crippen molar-refractivity contribution in [3.63, 3.8) is 0 Å². The van der Waals surface area contributed by atoms with E-state index in [0.717, 1.165) is 18.7 Å². The van der Waals surface area contributed by atoms with Crippen molar-refractivity contribution in [1.29, 1.82) is 0 Å². The molecule has 19 heavy (non-hydrogen) atoms. The second-order valence-electron chi connectivity index (χ2n) is 4.84. The van der Waals surface area contributed by atoms with Crippen LogP contribution in [0.1, 0.15) is 13.3 Å². The van der Waals surface area contributed by atoms with Crippen molar-refractivity contribution in [3.05, 3.63) is 30.1 Å². The molecule has 4 nitrogen and oxygen atoms in total. The van der Waals surface area contributed by atoms with Crippen molar-refractivity contribution in [1.82, 2.24) is 5.32 Å². The van der Waals surface area contributed by atoms with Crippen molar-refractivity contribution < 1.29 is 14.3 Å². The van der Waals surface area contributed by atoms with Crippen LogP contribution in [-0.4, -0.2) is 36.8 Å². The zero-order chi connectivity index (χ0) is 13.8. The molecule has 0 radical (unpaired) electrons. The summed E-state index contributed by atoms with van der Waals surface area (Å²) in [5.41, 5.74) is 0.949. The molecular formula is C14H19FN2O2. The van der Waals surface area contributed by atoms with E-state index in [-0.39, 0.29) is 11.7 Å². The Morgan fingerprint density at radius 2 is 2.21 bits per heavy atom. The fourth-order valence-electron chi connectivity index (χ4n) is 2.62. The average Bonchev–Trinajstić information content (AvgIpc) is 2.85. The number of benzene rings is 1. The van der Waals surface area contributed by atoms with Gasteiger partial charge in [0, 0.05) is 24.7 Å². The van der Waals surface area contributed by atoms with Gasteiger partial charge in [0.2, 0.25) is 0 Å². The van der Waals surface area contributed by atoms with Crippen LogP contribution in [0, 0.1) is 11.7 Å². The van der Waals surface area contributed by atoms with Gasteiger partial charge in [-0.2, -0.15) is 0 Å². The summed E-state index contributed by atoms with van der Waals surface area (Å²) in [6.07, 6.45) is 0.835. The van der Waals surface area contributed by atoms with Crippen LogP contribution >= 0.6 is 0 Å². The third-order valence-corrected chi connectivity index (χ3v) is 3.58. The van der Waals surface area contributed by atoms with E-state index in [2.05, 4.69) is 10.2 Å². The lowest BCUT2D eigenvalue weighted by atomic mass is 9.99. The molecule has 0 aromatic heterocycles. The van der Waals surface area contributed by atoms with Crippen LogP contribution in [-0.2, 0) is 4.79 Å². The Hall–Kier alpha value is -1.62. The van der Waals surface area contributed by atoms with Crippen molar-refractivity contribution in [2.45, 2.75) is 19.4 Å². The zero-order valence-electron chi connectivity index (χ0n) is 11.0. The fourth-order valence-corrected chi connectivity index (χ4v) is 2.62. The van der Waals surface area contributed by atoms with Crippen LogP contribution in [0.25, 0.3) is 0 Å². The number of nitrogens with one attached hydrogen (secondary N) is 1. The van der Waals surface area contributed by atoms with E-state index in [4.69, 9.17) is 0 Å². The minimum atomic E-state index is -0.798. The smallest absolute Gasteiger partial charge is 0.321 e. The van der Waals surface area contributed by atoms with Gasteiger partial charge >= 0.3 is 5.97 Å². The maximum atomic E-state index is 12.9. The van der Waals surface area contributed by atoms with Gasteiger partial charge in [0.1, 0.15) is 11.9 Å². The molecule has 0 aliphatic carbocycles. The number of halogens is 1. The first-order valence-corrected chi connectivity index (χ1v) is 6.58. The van der Waals surface area contributed by atoms with Gasteiger partial charge in [0.15, 0.2) is 0 Å². The van der Waals surface area contributed by atoms with Gasteiger partial charge in [-0.25, -0.2) is 4.39 Å². The molecule has 1 aromatic rings. The minimum Gasteiger partial charge on any atom is -0.480 e. The largest absolute Gasteiger partial charge is 0.480 e. The van der Waals surface area contributed by atoms with Gasteiger partial charge in [-0.1, -0.05) is 6.92 Å². The number of carboxylic acids is 1. The van der Waals surface area contributed by atoms with E-state index in [1.54, 1.807) is 12.1 Å².